The van der Waals surface area contributed by atoms with Crippen molar-refractivity contribution in [2.75, 3.05) is 14.2 Å². The van der Waals surface area contributed by atoms with Gasteiger partial charge in [0.25, 0.3) is 0 Å². The molecule has 2 aliphatic rings. The van der Waals surface area contributed by atoms with E-state index < -0.39 is 0 Å². The monoisotopic (exact) mass is 880 g/mol. The second-order valence-electron chi connectivity index (χ2n) is 17.0. The Hall–Kier alpha value is -8.42. The minimum Gasteiger partial charge on any atom is -0.400 e. The Morgan fingerprint density at radius 2 is 0.588 bits per heavy atom. The standard InChI is InChI=1S/2C30H20N2.2CH4O/c2*1-19-21-13-5-10-18-26(21)30-31-27-24-16-8-6-14-22(24)23-15-7-9-17-25(23)29(27)32(30)28(19)20-11-3-2-4-12-20;2*1-2/h2*2-18,28H,1H2;2*2H,1H3/t2*28-;;/m10../s1. The number of imidazole rings is 2. The zero-order chi connectivity index (χ0) is 46.5. The zero-order valence-corrected chi connectivity index (χ0v) is 37.9. The molecule has 328 valence electrons. The molecule has 0 amide bonds. The maximum atomic E-state index is 7.00. The summed E-state index contributed by atoms with van der Waals surface area (Å²) in [5.74, 6) is 2.02. The fraction of sp³-hybridized carbons (Fsp3) is 0.0645. The van der Waals surface area contributed by atoms with Gasteiger partial charge in [-0.1, -0.05) is 219 Å². The average Bonchev–Trinajstić information content (AvgIpc) is 4.02. The van der Waals surface area contributed by atoms with E-state index in [4.69, 9.17) is 20.2 Å². The third-order valence-corrected chi connectivity index (χ3v) is 13.6. The normalized spacial score (nSPS) is 14.5. The van der Waals surface area contributed by atoms with Gasteiger partial charge in [-0.2, -0.15) is 0 Å². The predicted molar refractivity (Wildman–Crippen MR) is 284 cm³/mol. The maximum absolute atomic E-state index is 7.00. The van der Waals surface area contributed by atoms with Crippen LogP contribution in [0.2, 0.25) is 0 Å². The lowest BCUT2D eigenvalue weighted by atomic mass is 9.87. The fourth-order valence-electron chi connectivity index (χ4n) is 10.8. The van der Waals surface area contributed by atoms with E-state index in [0.29, 0.717) is 0 Å². The van der Waals surface area contributed by atoms with Crippen molar-refractivity contribution < 1.29 is 10.2 Å². The predicted octanol–water partition coefficient (Wildman–Crippen LogP) is 14.5. The van der Waals surface area contributed by atoms with Gasteiger partial charge < -0.3 is 19.3 Å². The van der Waals surface area contributed by atoms with Gasteiger partial charge in [-0.05, 0) is 54.9 Å². The lowest BCUT2D eigenvalue weighted by Gasteiger charge is -2.31. The van der Waals surface area contributed by atoms with Crippen LogP contribution in [0.3, 0.4) is 0 Å². The molecule has 0 spiro atoms. The molecule has 2 N–H and O–H groups in total. The molecule has 68 heavy (non-hydrogen) atoms. The van der Waals surface area contributed by atoms with Crippen LogP contribution in [0.1, 0.15) is 34.3 Å². The first-order chi connectivity index (χ1) is 33.7. The molecule has 0 saturated carbocycles. The molecule has 14 rings (SSSR count). The molecule has 2 atom stereocenters. The highest BCUT2D eigenvalue weighted by Gasteiger charge is 2.34. The van der Waals surface area contributed by atoms with Crippen molar-refractivity contribution >= 4 is 76.3 Å². The molecule has 6 nitrogen and oxygen atoms in total. The van der Waals surface area contributed by atoms with Crippen molar-refractivity contribution in [1.29, 1.82) is 0 Å². The smallest absolute Gasteiger partial charge is 0.142 e. The van der Waals surface area contributed by atoms with Crippen molar-refractivity contribution in [3.63, 3.8) is 0 Å². The molecule has 0 aliphatic carbocycles. The van der Waals surface area contributed by atoms with E-state index in [1.807, 2.05) is 0 Å². The van der Waals surface area contributed by atoms with Crippen molar-refractivity contribution in [3.8, 4) is 22.8 Å². The Bertz CT molecular complexity index is 3650. The summed E-state index contributed by atoms with van der Waals surface area (Å²) in [7, 11) is 2.00. The van der Waals surface area contributed by atoms with E-state index in [2.05, 4.69) is 229 Å². The van der Waals surface area contributed by atoms with E-state index in [0.717, 1.165) is 59.2 Å². The number of nitrogens with zero attached hydrogens (tertiary/aromatic N) is 4. The van der Waals surface area contributed by atoms with Crippen LogP contribution >= 0.6 is 0 Å². The highest BCUT2D eigenvalue weighted by atomic mass is 16.2. The van der Waals surface area contributed by atoms with Gasteiger partial charge in [0.2, 0.25) is 0 Å². The molecular formula is C62H48N4O2. The van der Waals surface area contributed by atoms with Gasteiger partial charge >= 0.3 is 0 Å². The molecule has 0 radical (unpaired) electrons. The number of aliphatic hydroxyl groups excluding tert-OH is 2. The molecule has 10 aromatic carbocycles. The minimum atomic E-state index is -0.00401. The highest BCUT2D eigenvalue weighted by molar-refractivity contribution is 6.25. The van der Waals surface area contributed by atoms with Gasteiger partial charge in [0.1, 0.15) is 11.6 Å². The second-order valence-corrected chi connectivity index (χ2v) is 17.0. The molecular weight excluding hydrogens is 833 g/mol. The van der Waals surface area contributed by atoms with Crippen LogP contribution in [0.4, 0.5) is 0 Å². The SMILES string of the molecule is C=C1c2ccccc2-c2nc3c4ccccc4c4ccccc4c3n2[C@@H]1c1ccccc1.C=C1c2ccccc2-c2nc3c4ccccc4c4ccccc4c3n2[C@H]1c1ccccc1.CO.CO. The maximum Gasteiger partial charge on any atom is 0.142 e. The Kier molecular flexibility index (Phi) is 10.8. The number of benzene rings is 10. The van der Waals surface area contributed by atoms with Crippen LogP contribution in [0.15, 0.2) is 219 Å². The summed E-state index contributed by atoms with van der Waals surface area (Å²) in [5, 5.41) is 23.9. The van der Waals surface area contributed by atoms with Gasteiger partial charge in [0.05, 0.1) is 34.2 Å². The van der Waals surface area contributed by atoms with Crippen LogP contribution in [-0.4, -0.2) is 43.5 Å². The molecule has 0 unspecified atom stereocenters. The summed E-state index contributed by atoms with van der Waals surface area (Å²) in [4.78, 5) is 10.6. The number of aromatic nitrogens is 4. The summed E-state index contributed by atoms with van der Waals surface area (Å²) in [6, 6.07) is 73.0. The number of fused-ring (bicyclic) bond motifs is 20. The van der Waals surface area contributed by atoms with Crippen LogP contribution in [0.5, 0.6) is 0 Å². The van der Waals surface area contributed by atoms with Crippen molar-refractivity contribution in [2.45, 2.75) is 12.1 Å². The van der Waals surface area contributed by atoms with E-state index in [-0.39, 0.29) is 12.1 Å². The van der Waals surface area contributed by atoms with Crippen LogP contribution in [-0.2, 0) is 0 Å². The van der Waals surface area contributed by atoms with Crippen molar-refractivity contribution in [2.24, 2.45) is 0 Å². The Labute approximate surface area is 394 Å². The minimum absolute atomic E-state index is 0.00401. The lowest BCUT2D eigenvalue weighted by Crippen LogP contribution is -2.18. The van der Waals surface area contributed by atoms with Gasteiger partial charge in [0.15, 0.2) is 0 Å². The quantitative estimate of drug-likeness (QED) is 0.170. The van der Waals surface area contributed by atoms with Gasteiger partial charge in [-0.15, -0.1) is 0 Å². The van der Waals surface area contributed by atoms with Crippen LogP contribution in [0, 0.1) is 0 Å². The molecule has 2 aliphatic heterocycles. The molecule has 2 aromatic heterocycles. The average molecular weight is 881 g/mol. The third-order valence-electron chi connectivity index (χ3n) is 13.6. The van der Waals surface area contributed by atoms with E-state index in [1.54, 1.807) is 0 Å². The zero-order valence-electron chi connectivity index (χ0n) is 37.9. The molecule has 0 saturated heterocycles. The van der Waals surface area contributed by atoms with E-state index in [1.165, 1.54) is 76.4 Å². The first-order valence-corrected chi connectivity index (χ1v) is 22.8. The summed E-state index contributed by atoms with van der Waals surface area (Å²) < 4.78 is 4.84. The summed E-state index contributed by atoms with van der Waals surface area (Å²) >= 11 is 0. The first kappa shape index (κ1) is 42.2. The molecule has 12 aromatic rings. The summed E-state index contributed by atoms with van der Waals surface area (Å²) in [5.41, 5.74) is 13.8. The Morgan fingerprint density at radius 1 is 0.324 bits per heavy atom. The summed E-state index contributed by atoms with van der Waals surface area (Å²) in [6.07, 6.45) is 0. The largest absolute Gasteiger partial charge is 0.400 e. The van der Waals surface area contributed by atoms with Gasteiger partial charge in [-0.25, -0.2) is 9.97 Å². The Morgan fingerprint density at radius 3 is 0.941 bits per heavy atom. The molecule has 6 heteroatoms. The number of hydrogen-bond donors (Lipinski definition) is 2. The molecule has 4 heterocycles. The topological polar surface area (TPSA) is 76.1 Å². The van der Waals surface area contributed by atoms with E-state index >= 15 is 0 Å². The number of rotatable bonds is 2. The third kappa shape index (κ3) is 6.41. The van der Waals surface area contributed by atoms with Gasteiger partial charge in [-0.3, -0.25) is 0 Å². The summed E-state index contributed by atoms with van der Waals surface area (Å²) in [6.45, 7) is 9.18. The highest BCUT2D eigenvalue weighted by Crippen LogP contribution is 2.50. The van der Waals surface area contributed by atoms with Crippen molar-refractivity contribution in [1.82, 2.24) is 19.1 Å². The first-order valence-electron chi connectivity index (χ1n) is 22.8. The van der Waals surface area contributed by atoms with Crippen LogP contribution in [0.25, 0.3) is 99.1 Å². The van der Waals surface area contributed by atoms with Crippen LogP contribution < -0.4 is 0 Å². The molecule has 0 bridgehead atoms. The van der Waals surface area contributed by atoms with Gasteiger partial charge in [0, 0.05) is 46.9 Å². The van der Waals surface area contributed by atoms with Crippen molar-refractivity contribution in [3.05, 3.63) is 242 Å². The lowest BCUT2D eigenvalue weighted by molar-refractivity contribution is 0.399. The number of allylic oxidation sites excluding steroid dienone is 2. The Balaban J connectivity index is 0.000000139. The number of hydrogen-bond acceptors (Lipinski definition) is 4. The second kappa shape index (κ2) is 17.4. The fourth-order valence-corrected chi connectivity index (χ4v) is 10.8. The number of aliphatic hydroxyl groups is 2. The van der Waals surface area contributed by atoms with E-state index in [9.17, 15) is 0 Å². The molecule has 0 fully saturated rings.